The number of hydrogen-bond acceptors (Lipinski definition) is 10. The number of benzene rings is 2. The maximum absolute atomic E-state index is 13.2. The van der Waals surface area contributed by atoms with Crippen LogP contribution >= 0.6 is 0 Å². The van der Waals surface area contributed by atoms with Gasteiger partial charge in [-0.05, 0) is 65.6 Å². The summed E-state index contributed by atoms with van der Waals surface area (Å²) in [6.07, 6.45) is 2.74. The first-order chi connectivity index (χ1) is 26.6. The van der Waals surface area contributed by atoms with E-state index < -0.39 is 12.2 Å². The van der Waals surface area contributed by atoms with Gasteiger partial charge in [0.25, 0.3) is 0 Å². The quantitative estimate of drug-likeness (QED) is 0.137. The summed E-state index contributed by atoms with van der Waals surface area (Å²) in [6, 6.07) is 10.6. The molecule has 0 unspecified atom stereocenters. The van der Waals surface area contributed by atoms with Crippen LogP contribution in [0.5, 0.6) is 5.75 Å². The maximum atomic E-state index is 13.2. The molecule has 1 aliphatic carbocycles. The molecule has 16 heteroatoms. The number of H-pyrrole nitrogens is 2. The molecule has 2 aliphatic rings. The summed E-state index contributed by atoms with van der Waals surface area (Å²) in [5.41, 5.74) is 9.00. The number of nitrogens with one attached hydrogen (secondary N) is 4. The normalized spacial score (nSPS) is 12.9. The number of methoxy groups -OCH3 is 3. The minimum absolute atomic E-state index is 0.0692. The molecule has 16 nitrogen and oxygen atoms in total. The van der Waals surface area contributed by atoms with E-state index in [0.717, 1.165) is 69.9 Å². The minimum Gasteiger partial charge on any atom is -0.488 e. The zero-order valence-corrected chi connectivity index (χ0v) is 31.9. The number of carbonyl (C=O) groups is 4. The van der Waals surface area contributed by atoms with E-state index in [1.807, 2.05) is 13.8 Å². The van der Waals surface area contributed by atoms with Gasteiger partial charge in [-0.15, -0.1) is 0 Å². The largest absolute Gasteiger partial charge is 0.488 e. The van der Waals surface area contributed by atoms with Gasteiger partial charge in [0.05, 0.1) is 57.2 Å². The van der Waals surface area contributed by atoms with Gasteiger partial charge in [-0.2, -0.15) is 0 Å². The standard InChI is InChI=1S/C39H48N8O8/c1-6-11-46(35(48)16-41-38(50)53-4)19-33-40-15-31(44-33)25-7-9-27-26(12-25)22-55-32-14-28-24(13-29(27)32)8-10-30-37(28)45-34(43-30)20-47(18-23(2)21-52-3)36(49)17-42-39(51)54-5/h7,9,12-15,23H,6,8,10-11,16-22H2,1-5H3,(H,40,44)(H,41,50)(H,42,51)(H,43,45)/t23-/m1/s1. The van der Waals surface area contributed by atoms with Crippen LogP contribution in [0.4, 0.5) is 9.59 Å². The zero-order chi connectivity index (χ0) is 39.1. The Bertz CT molecular complexity index is 2040. The molecule has 0 fully saturated rings. The summed E-state index contributed by atoms with van der Waals surface area (Å²) in [4.78, 5) is 68.6. The first-order valence-corrected chi connectivity index (χ1v) is 18.3. The van der Waals surface area contributed by atoms with Crippen LogP contribution in [0.15, 0.2) is 36.5 Å². The van der Waals surface area contributed by atoms with Gasteiger partial charge in [0.2, 0.25) is 11.8 Å². The Hall–Kier alpha value is -5.90. The molecule has 4 N–H and O–H groups in total. The van der Waals surface area contributed by atoms with E-state index in [4.69, 9.17) is 14.5 Å². The fraction of sp³-hybridized carbons (Fsp3) is 0.436. The molecular weight excluding hydrogens is 708 g/mol. The Labute approximate surface area is 319 Å². The van der Waals surface area contributed by atoms with Gasteiger partial charge in [0, 0.05) is 31.3 Å². The first kappa shape index (κ1) is 38.8. The van der Waals surface area contributed by atoms with Crippen molar-refractivity contribution in [2.75, 3.05) is 54.1 Å². The highest BCUT2D eigenvalue weighted by Crippen LogP contribution is 2.44. The van der Waals surface area contributed by atoms with Crippen molar-refractivity contribution in [2.24, 2.45) is 5.92 Å². The molecule has 4 aromatic rings. The van der Waals surface area contributed by atoms with Gasteiger partial charge in [0.1, 0.15) is 37.1 Å². The lowest BCUT2D eigenvalue weighted by atomic mass is 9.86. The molecule has 292 valence electrons. The van der Waals surface area contributed by atoms with E-state index in [9.17, 15) is 19.2 Å². The SMILES string of the molecule is CCCN(Cc1ncc(-c2ccc3c(c2)COc2cc4c(cc2-3)CCc2nc(CN(C[C@@H](C)COC)C(=O)CNC(=O)OC)[nH]c2-4)[nH]1)C(=O)CNC(=O)OC. The third-order valence-electron chi connectivity index (χ3n) is 9.65. The lowest BCUT2D eigenvalue weighted by molar-refractivity contribution is -0.132. The molecule has 55 heavy (non-hydrogen) atoms. The van der Waals surface area contributed by atoms with Crippen LogP contribution in [0.2, 0.25) is 0 Å². The molecule has 6 rings (SSSR count). The van der Waals surface area contributed by atoms with E-state index >= 15 is 0 Å². The molecule has 4 amide bonds. The van der Waals surface area contributed by atoms with Crippen LogP contribution < -0.4 is 15.4 Å². The van der Waals surface area contributed by atoms with Crippen molar-refractivity contribution in [2.45, 2.75) is 52.8 Å². The predicted molar refractivity (Wildman–Crippen MR) is 202 cm³/mol. The fourth-order valence-electron chi connectivity index (χ4n) is 7.03. The average molecular weight is 757 g/mol. The lowest BCUT2D eigenvalue weighted by Gasteiger charge is -2.25. The minimum atomic E-state index is -0.668. The summed E-state index contributed by atoms with van der Waals surface area (Å²) in [5.74, 6) is 1.67. The second-order valence-corrected chi connectivity index (χ2v) is 13.8. The highest BCUT2D eigenvalue weighted by molar-refractivity contribution is 5.84. The number of amides is 4. The Morgan fingerprint density at radius 3 is 2.31 bits per heavy atom. The third-order valence-corrected chi connectivity index (χ3v) is 9.65. The van der Waals surface area contributed by atoms with Crippen LogP contribution in [-0.2, 0) is 56.3 Å². The van der Waals surface area contributed by atoms with Gasteiger partial charge >= 0.3 is 12.2 Å². The van der Waals surface area contributed by atoms with E-state index in [0.29, 0.717) is 38.0 Å². The molecule has 0 spiro atoms. The zero-order valence-electron chi connectivity index (χ0n) is 31.9. The monoisotopic (exact) mass is 756 g/mol. The first-order valence-electron chi connectivity index (χ1n) is 18.3. The molecule has 1 aliphatic heterocycles. The molecule has 0 radical (unpaired) electrons. The average Bonchev–Trinajstić information content (AvgIpc) is 3.84. The maximum Gasteiger partial charge on any atom is 0.407 e. The van der Waals surface area contributed by atoms with Crippen LogP contribution in [0.3, 0.4) is 0 Å². The Morgan fingerprint density at radius 1 is 0.873 bits per heavy atom. The summed E-state index contributed by atoms with van der Waals surface area (Å²) in [7, 11) is 4.14. The lowest BCUT2D eigenvalue weighted by Crippen LogP contribution is -2.42. The second-order valence-electron chi connectivity index (χ2n) is 13.8. The van der Waals surface area contributed by atoms with E-state index in [2.05, 4.69) is 65.4 Å². The highest BCUT2D eigenvalue weighted by atomic mass is 16.5. The molecule has 0 saturated heterocycles. The summed E-state index contributed by atoms with van der Waals surface area (Å²) in [5, 5.41) is 4.92. The summed E-state index contributed by atoms with van der Waals surface area (Å²) < 4.78 is 20.9. The molecule has 2 aromatic heterocycles. The van der Waals surface area contributed by atoms with Crippen LogP contribution in [0.25, 0.3) is 33.6 Å². The summed E-state index contributed by atoms with van der Waals surface area (Å²) in [6.45, 7) is 5.98. The number of imidazole rings is 2. The molecule has 0 saturated carbocycles. The van der Waals surface area contributed by atoms with Gasteiger partial charge in [-0.25, -0.2) is 19.6 Å². The van der Waals surface area contributed by atoms with Crippen molar-refractivity contribution in [3.05, 3.63) is 65.0 Å². The molecule has 3 heterocycles. The number of ether oxygens (including phenoxy) is 4. The van der Waals surface area contributed by atoms with Crippen molar-refractivity contribution in [3.63, 3.8) is 0 Å². The Morgan fingerprint density at radius 2 is 1.60 bits per heavy atom. The van der Waals surface area contributed by atoms with Crippen molar-refractivity contribution < 1.29 is 38.1 Å². The molecule has 1 atom stereocenters. The number of aromatic nitrogens is 4. The topological polar surface area (TPSA) is 193 Å². The number of aromatic amines is 2. The van der Waals surface area contributed by atoms with Crippen LogP contribution in [0, 0.1) is 5.92 Å². The number of nitrogens with zero attached hydrogens (tertiary/aromatic N) is 4. The van der Waals surface area contributed by atoms with Gasteiger partial charge in [0.15, 0.2) is 0 Å². The number of carbonyl (C=O) groups excluding carboxylic acids is 4. The number of rotatable bonds is 15. The van der Waals surface area contributed by atoms with Crippen molar-refractivity contribution >= 4 is 24.0 Å². The third kappa shape index (κ3) is 9.08. The summed E-state index contributed by atoms with van der Waals surface area (Å²) >= 11 is 0. The van der Waals surface area contributed by atoms with Crippen molar-refractivity contribution in [3.8, 4) is 39.4 Å². The second kappa shape index (κ2) is 17.5. The van der Waals surface area contributed by atoms with Crippen molar-refractivity contribution in [1.82, 2.24) is 40.4 Å². The van der Waals surface area contributed by atoms with Crippen molar-refractivity contribution in [1.29, 1.82) is 0 Å². The predicted octanol–water partition coefficient (Wildman–Crippen LogP) is 4.19. The van der Waals surface area contributed by atoms with Gasteiger partial charge < -0.3 is 49.3 Å². The highest BCUT2D eigenvalue weighted by Gasteiger charge is 2.28. The number of hydrogen-bond donors (Lipinski definition) is 4. The van der Waals surface area contributed by atoms with Crippen LogP contribution in [-0.4, -0.2) is 108 Å². The molecule has 0 bridgehead atoms. The van der Waals surface area contributed by atoms with E-state index in [1.165, 1.54) is 19.8 Å². The number of aryl methyl sites for hydroxylation is 2. The van der Waals surface area contributed by atoms with Gasteiger partial charge in [-0.1, -0.05) is 26.0 Å². The van der Waals surface area contributed by atoms with E-state index in [-0.39, 0.29) is 43.9 Å². The Kier molecular flexibility index (Phi) is 12.3. The molecule has 2 aromatic carbocycles. The fourth-order valence-corrected chi connectivity index (χ4v) is 7.03. The Balaban J connectivity index is 1.18. The van der Waals surface area contributed by atoms with Crippen LogP contribution in [0.1, 0.15) is 48.7 Å². The smallest absolute Gasteiger partial charge is 0.407 e. The molecular formula is C39H48N8O8. The number of fused-ring (bicyclic) bond motifs is 6. The van der Waals surface area contributed by atoms with E-state index in [1.54, 1.807) is 23.1 Å². The number of alkyl carbamates (subject to hydrolysis) is 2. The van der Waals surface area contributed by atoms with Gasteiger partial charge in [-0.3, -0.25) is 9.59 Å².